The zero-order valence-electron chi connectivity index (χ0n) is 28.1. The molecule has 0 radical (unpaired) electrons. The minimum Gasteiger partial charge on any atom is -0.485 e. The monoisotopic (exact) mass is 799 g/mol. The highest BCUT2D eigenvalue weighted by Gasteiger charge is 2.22. The van der Waals surface area contributed by atoms with Crippen LogP contribution in [0.3, 0.4) is 0 Å². The van der Waals surface area contributed by atoms with Gasteiger partial charge < -0.3 is 19.6 Å². The third kappa shape index (κ3) is 8.96. The lowest BCUT2D eigenvalue weighted by Gasteiger charge is -2.19. The summed E-state index contributed by atoms with van der Waals surface area (Å²) in [6, 6.07) is 33.0. The van der Waals surface area contributed by atoms with Gasteiger partial charge in [-0.3, -0.25) is 15.2 Å². The Bertz CT molecular complexity index is 2280. The maximum Gasteiger partial charge on any atom is 0.269 e. The number of aromatic nitrogens is 1. The number of nitrogens with one attached hydrogen (secondary N) is 2. The molecule has 0 fully saturated rings. The number of carbonyl (C=O) groups is 1. The molecule has 0 aromatic heterocycles. The van der Waals surface area contributed by atoms with Crippen molar-refractivity contribution in [1.29, 1.82) is 0 Å². The van der Waals surface area contributed by atoms with E-state index in [-0.39, 0.29) is 19.1 Å². The topological polar surface area (TPSA) is 81.7 Å². The van der Waals surface area contributed by atoms with E-state index < -0.39 is 0 Å². The summed E-state index contributed by atoms with van der Waals surface area (Å²) < 4.78 is 26.5. The maximum atomic E-state index is 13.7. The Labute approximate surface area is 326 Å². The minimum atomic E-state index is -0.368. The Morgan fingerprint density at radius 2 is 1.25 bits per heavy atom. The Balaban J connectivity index is 1.15. The van der Waals surface area contributed by atoms with Gasteiger partial charge in [-0.25, -0.2) is 0 Å². The molecule has 0 aliphatic carbocycles. The van der Waals surface area contributed by atoms with Crippen molar-refractivity contribution in [2.45, 2.75) is 19.8 Å². The maximum absolute atomic E-state index is 13.7. The molecule has 7 nitrogen and oxygen atoms in total. The van der Waals surface area contributed by atoms with E-state index in [1.807, 2.05) is 121 Å². The van der Waals surface area contributed by atoms with Gasteiger partial charge >= 0.3 is 0 Å². The number of nitrogens with zero attached hydrogens (tertiary/aromatic N) is 1. The van der Waals surface area contributed by atoms with Crippen molar-refractivity contribution < 1.29 is 19.0 Å². The second-order valence-electron chi connectivity index (χ2n) is 11.2. The quantitative estimate of drug-likeness (QED) is 0.105. The number of thioether (sulfide) groups is 4. The summed E-state index contributed by atoms with van der Waals surface area (Å²) in [5, 5.41) is 0.767. The molecule has 0 spiro atoms. The molecule has 13 heteroatoms. The standard InChI is InChI=1S/C39H33N3O4S6/c1-47-36-37(48-2)52-39(51-36)38-49-32-21-40-29(34(32)50-38)20-41-42-35(43)28-18-30(44-22-25-12-6-3-7-13-25)33(46-24-27-16-10-5-11-17-27)31(19-28)45-23-26-14-8-4-9-15-26/h3-21,41H,22-24H2,1-2H3,(H,42,43)/b29-20+. The first-order chi connectivity index (χ1) is 25.6. The van der Waals surface area contributed by atoms with Gasteiger partial charge in [0, 0.05) is 18.0 Å². The number of carbonyl (C=O) groups excluding carboxylic acids is 1. The van der Waals surface area contributed by atoms with Crippen LogP contribution in [0.4, 0.5) is 0 Å². The number of ether oxygens (including phenoxy) is 3. The smallest absolute Gasteiger partial charge is 0.269 e. The lowest BCUT2D eigenvalue weighted by Crippen LogP contribution is -2.35. The van der Waals surface area contributed by atoms with Gasteiger partial charge in [-0.2, -0.15) is 0 Å². The summed E-state index contributed by atoms with van der Waals surface area (Å²) in [4.78, 5) is 18.3. The predicted molar refractivity (Wildman–Crippen MR) is 221 cm³/mol. The first-order valence-electron chi connectivity index (χ1n) is 16.1. The Morgan fingerprint density at radius 3 is 1.77 bits per heavy atom. The minimum absolute atomic E-state index is 0.281. The van der Waals surface area contributed by atoms with E-state index in [1.54, 1.807) is 64.5 Å². The van der Waals surface area contributed by atoms with Crippen LogP contribution in [0.5, 0.6) is 17.2 Å². The average molecular weight is 800 g/mol. The van der Waals surface area contributed by atoms with Gasteiger partial charge in [0.15, 0.2) is 11.5 Å². The highest BCUT2D eigenvalue weighted by Crippen LogP contribution is 2.57. The second-order valence-corrected chi connectivity index (χ2v) is 18.0. The fraction of sp³-hybridized carbons (Fsp3) is 0.128. The van der Waals surface area contributed by atoms with Crippen LogP contribution in [0, 0.1) is 9.06 Å². The molecule has 0 bridgehead atoms. The number of hydrogen-bond donors (Lipinski definition) is 2. The number of hydrazine groups is 1. The first kappa shape index (κ1) is 36.4. The Morgan fingerprint density at radius 1 is 0.731 bits per heavy atom. The summed E-state index contributed by atoms with van der Waals surface area (Å²) in [5.74, 6) is 0.851. The molecule has 264 valence electrons. The van der Waals surface area contributed by atoms with Gasteiger partial charge in [-0.1, -0.05) is 115 Å². The van der Waals surface area contributed by atoms with Gasteiger partial charge in [0.05, 0.1) is 27.1 Å². The molecule has 0 saturated heterocycles. The van der Waals surface area contributed by atoms with E-state index in [2.05, 4.69) is 28.3 Å². The third-order valence-electron chi connectivity index (χ3n) is 7.63. The van der Waals surface area contributed by atoms with Crippen molar-refractivity contribution in [3.8, 4) is 17.2 Å². The predicted octanol–water partition coefficient (Wildman–Crippen LogP) is 8.74. The average Bonchev–Trinajstić information content (AvgIpc) is 3.92. The molecule has 0 unspecified atom stereocenters. The van der Waals surface area contributed by atoms with Crippen LogP contribution in [0.2, 0.25) is 0 Å². The molecule has 1 amide bonds. The normalized spacial score (nSPS) is 13.1. The van der Waals surface area contributed by atoms with E-state index >= 15 is 0 Å². The SMILES string of the molecule is CSC1=C(SC)SC(=c2sc3cn/c(=C/NNC(=O)c4cc(OCc5ccccc5)c(OCc5ccccc5)c(OCc5ccccc5)c4)c=3s2)S1. The van der Waals surface area contributed by atoms with Crippen molar-refractivity contribution in [3.63, 3.8) is 0 Å². The van der Waals surface area contributed by atoms with E-state index in [0.29, 0.717) is 29.4 Å². The van der Waals surface area contributed by atoms with Gasteiger partial charge in [0.2, 0.25) is 5.75 Å². The lowest BCUT2D eigenvalue weighted by molar-refractivity contribution is 0.0942. The zero-order valence-corrected chi connectivity index (χ0v) is 33.0. The van der Waals surface area contributed by atoms with E-state index in [4.69, 9.17) is 14.2 Å². The Kier molecular flexibility index (Phi) is 12.4. The van der Waals surface area contributed by atoms with Crippen molar-refractivity contribution in [1.82, 2.24) is 15.8 Å². The molecular weight excluding hydrogens is 767 g/mol. The van der Waals surface area contributed by atoms with Crippen LogP contribution < -0.4 is 34.3 Å². The van der Waals surface area contributed by atoms with Crippen molar-refractivity contribution in [2.75, 3.05) is 12.5 Å². The highest BCUT2D eigenvalue weighted by molar-refractivity contribution is 8.45. The van der Waals surface area contributed by atoms with Crippen LogP contribution in [0.1, 0.15) is 27.0 Å². The summed E-state index contributed by atoms with van der Waals surface area (Å²) in [5.41, 5.74) is 9.10. The Hall–Kier alpha value is -3.98. The second kappa shape index (κ2) is 17.7. The molecule has 3 aliphatic rings. The number of amides is 1. The summed E-state index contributed by atoms with van der Waals surface area (Å²) >= 11 is 10.7. The fourth-order valence-electron chi connectivity index (χ4n) is 5.06. The van der Waals surface area contributed by atoms with Gasteiger partial charge in [0.25, 0.3) is 5.91 Å². The van der Waals surface area contributed by atoms with E-state index in [1.165, 1.54) is 16.6 Å². The van der Waals surface area contributed by atoms with Crippen molar-refractivity contribution in [2.24, 2.45) is 0 Å². The molecule has 2 N–H and O–H groups in total. The summed E-state index contributed by atoms with van der Waals surface area (Å²) in [6.07, 6.45) is 7.86. The van der Waals surface area contributed by atoms with Gasteiger partial charge in [0.1, 0.15) is 23.7 Å². The highest BCUT2D eigenvalue weighted by atomic mass is 32.3. The largest absolute Gasteiger partial charge is 0.485 e. The number of benzene rings is 4. The molecule has 0 saturated carbocycles. The third-order valence-corrected chi connectivity index (χ3v) is 15.9. The molecular formula is C39H33N3O4S6. The van der Waals surface area contributed by atoms with Gasteiger partial charge in [-0.05, 0) is 41.3 Å². The molecule has 3 heterocycles. The molecule has 4 aromatic carbocycles. The van der Waals surface area contributed by atoms with Gasteiger partial charge in [-0.15, -0.1) is 46.2 Å². The number of rotatable bonds is 14. The molecule has 0 atom stereocenters. The number of hydrogen-bond acceptors (Lipinski definition) is 12. The van der Waals surface area contributed by atoms with Crippen molar-refractivity contribution in [3.05, 3.63) is 158 Å². The lowest BCUT2D eigenvalue weighted by atomic mass is 10.1. The van der Waals surface area contributed by atoms with Crippen LogP contribution in [-0.4, -0.2) is 23.4 Å². The molecule has 52 heavy (non-hydrogen) atoms. The van der Waals surface area contributed by atoms with Crippen LogP contribution >= 0.6 is 69.7 Å². The van der Waals surface area contributed by atoms with Crippen LogP contribution in [-0.2, 0) is 19.8 Å². The zero-order chi connectivity index (χ0) is 35.7. The fourth-order valence-corrected chi connectivity index (χ4v) is 12.9. The van der Waals surface area contributed by atoms with Crippen LogP contribution in [0.15, 0.2) is 118 Å². The summed E-state index contributed by atoms with van der Waals surface area (Å²) in [6.45, 7) is 0.858. The van der Waals surface area contributed by atoms with E-state index in [9.17, 15) is 4.79 Å². The molecule has 3 aliphatic heterocycles. The summed E-state index contributed by atoms with van der Waals surface area (Å²) in [7, 11) is 0. The molecule has 7 rings (SSSR count). The van der Waals surface area contributed by atoms with Crippen molar-refractivity contribution >= 4 is 86.1 Å². The first-order valence-corrected chi connectivity index (χ1v) is 21.8. The van der Waals surface area contributed by atoms with Crippen LogP contribution in [0.25, 0.3) is 10.4 Å². The van der Waals surface area contributed by atoms with E-state index in [0.717, 1.165) is 31.1 Å². The molecule has 4 aromatic rings.